The minimum atomic E-state index is -0.817. The van der Waals surface area contributed by atoms with Gasteiger partial charge in [0.2, 0.25) is 5.91 Å². The summed E-state index contributed by atoms with van der Waals surface area (Å²) in [5.41, 5.74) is 5.07. The van der Waals surface area contributed by atoms with Crippen molar-refractivity contribution in [2.24, 2.45) is 0 Å². The molecule has 0 saturated heterocycles. The molecule has 3 amide bonds. The Labute approximate surface area is 183 Å². The van der Waals surface area contributed by atoms with Gasteiger partial charge in [-0.25, -0.2) is 4.98 Å². The molecule has 1 aromatic carbocycles. The van der Waals surface area contributed by atoms with Crippen LogP contribution in [0.3, 0.4) is 0 Å². The third-order valence-corrected chi connectivity index (χ3v) is 4.96. The molecule has 0 spiro atoms. The number of anilines is 1. The molecule has 156 valence electrons. The van der Waals surface area contributed by atoms with Gasteiger partial charge < -0.3 is 9.15 Å². The number of carbonyl (C=O) groups is 3. The normalized spacial score (nSPS) is 11.4. The highest BCUT2D eigenvalue weighted by Crippen LogP contribution is 2.19. The maximum Gasteiger partial charge on any atom is 0.293 e. The van der Waals surface area contributed by atoms with E-state index in [-0.39, 0.29) is 12.2 Å². The second kappa shape index (κ2) is 10.0. The van der Waals surface area contributed by atoms with Crippen LogP contribution in [-0.2, 0) is 16.0 Å². The molecule has 3 N–H and O–H groups in total. The van der Waals surface area contributed by atoms with E-state index in [1.807, 2.05) is 6.07 Å². The largest absolute Gasteiger partial charge is 0.481 e. The summed E-state index contributed by atoms with van der Waals surface area (Å²) in [6, 6.07) is 10.2. The lowest BCUT2D eigenvalue weighted by Crippen LogP contribution is -2.47. The van der Waals surface area contributed by atoms with Gasteiger partial charge in [-0.3, -0.25) is 30.6 Å². The molecule has 0 aliphatic heterocycles. The first kappa shape index (κ1) is 21.5. The lowest BCUT2D eigenvalue weighted by Gasteiger charge is -2.15. The number of carbonyl (C=O) groups excluding carboxylic acids is 3. The molecule has 9 nitrogen and oxygen atoms in total. The first-order chi connectivity index (χ1) is 14.4. The van der Waals surface area contributed by atoms with Gasteiger partial charge in [-0.15, -0.1) is 11.3 Å². The second-order valence-electron chi connectivity index (χ2n) is 6.01. The topological polar surface area (TPSA) is 123 Å². The zero-order valence-corrected chi connectivity index (χ0v) is 18.1. The Morgan fingerprint density at radius 3 is 2.80 bits per heavy atom. The fraction of sp³-hybridized carbons (Fsp3) is 0.158. The third-order valence-electron chi connectivity index (χ3n) is 3.66. The monoisotopic (exact) mass is 492 g/mol. The molecule has 0 bridgehead atoms. The predicted molar refractivity (Wildman–Crippen MR) is 113 cm³/mol. The zero-order chi connectivity index (χ0) is 21.5. The Bertz CT molecular complexity index is 1040. The molecule has 2 aromatic heterocycles. The second-order valence-corrected chi connectivity index (χ2v) is 7.78. The van der Waals surface area contributed by atoms with Gasteiger partial charge in [0, 0.05) is 9.85 Å². The summed E-state index contributed by atoms with van der Waals surface area (Å²) < 4.78 is 11.4. The van der Waals surface area contributed by atoms with Crippen molar-refractivity contribution in [2.45, 2.75) is 19.4 Å². The summed E-state index contributed by atoms with van der Waals surface area (Å²) in [5, 5.41) is 4.55. The highest BCUT2D eigenvalue weighted by atomic mass is 79.9. The number of nitrogens with one attached hydrogen (secondary N) is 3. The average Bonchev–Trinajstić information content (AvgIpc) is 3.38. The van der Waals surface area contributed by atoms with E-state index in [4.69, 9.17) is 9.15 Å². The SMILES string of the molecule is CC(Oc1cccc(Br)c1)C(=O)NNC(=O)Cc1csc(NC(=O)c2ccco2)n1. The van der Waals surface area contributed by atoms with Crippen molar-refractivity contribution in [1.82, 2.24) is 15.8 Å². The van der Waals surface area contributed by atoms with Gasteiger partial charge in [0.25, 0.3) is 11.8 Å². The van der Waals surface area contributed by atoms with Crippen LogP contribution in [0.2, 0.25) is 0 Å². The van der Waals surface area contributed by atoms with Crippen LogP contribution in [0, 0.1) is 0 Å². The standard InChI is InChI=1S/C19H17BrN4O5S/c1-11(29-14-5-2-4-12(20)8-14)17(26)24-23-16(25)9-13-10-30-19(21-13)22-18(27)15-6-3-7-28-15/h2-8,10-11H,9H2,1H3,(H,23,25)(H,24,26)(H,21,22,27). The fourth-order valence-electron chi connectivity index (χ4n) is 2.25. The molecule has 30 heavy (non-hydrogen) atoms. The lowest BCUT2D eigenvalue weighted by molar-refractivity contribution is -0.132. The van der Waals surface area contributed by atoms with Crippen LogP contribution in [-0.4, -0.2) is 28.8 Å². The zero-order valence-electron chi connectivity index (χ0n) is 15.7. The van der Waals surface area contributed by atoms with Crippen molar-refractivity contribution >= 4 is 50.1 Å². The van der Waals surface area contributed by atoms with Crippen molar-refractivity contribution in [2.75, 3.05) is 5.32 Å². The summed E-state index contributed by atoms with van der Waals surface area (Å²) >= 11 is 4.50. The van der Waals surface area contributed by atoms with E-state index < -0.39 is 23.8 Å². The number of hydrogen-bond acceptors (Lipinski definition) is 7. The van der Waals surface area contributed by atoms with Gasteiger partial charge in [-0.05, 0) is 37.3 Å². The average molecular weight is 493 g/mol. The Balaban J connectivity index is 1.43. The number of nitrogens with zero attached hydrogens (tertiary/aromatic N) is 1. The number of amides is 3. The van der Waals surface area contributed by atoms with Crippen LogP contribution < -0.4 is 20.9 Å². The number of furan rings is 1. The molecule has 2 heterocycles. The summed E-state index contributed by atoms with van der Waals surface area (Å²) in [7, 11) is 0. The molecule has 0 saturated carbocycles. The van der Waals surface area contributed by atoms with Gasteiger partial charge in [0.1, 0.15) is 5.75 Å². The Hall–Kier alpha value is -3.18. The number of thiazole rings is 1. The molecular weight excluding hydrogens is 476 g/mol. The lowest BCUT2D eigenvalue weighted by atomic mass is 10.3. The van der Waals surface area contributed by atoms with E-state index in [0.29, 0.717) is 16.6 Å². The van der Waals surface area contributed by atoms with Crippen molar-refractivity contribution in [1.29, 1.82) is 0 Å². The van der Waals surface area contributed by atoms with E-state index in [2.05, 4.69) is 37.1 Å². The van der Waals surface area contributed by atoms with Crippen LogP contribution in [0.25, 0.3) is 0 Å². The van der Waals surface area contributed by atoms with Crippen LogP contribution in [0.5, 0.6) is 5.75 Å². The van der Waals surface area contributed by atoms with Crippen molar-refractivity contribution in [3.05, 3.63) is 64.0 Å². The molecule has 0 aliphatic carbocycles. The summed E-state index contributed by atoms with van der Waals surface area (Å²) in [6.45, 7) is 1.57. The van der Waals surface area contributed by atoms with Gasteiger partial charge in [0.05, 0.1) is 18.4 Å². The first-order valence-electron chi connectivity index (χ1n) is 8.71. The van der Waals surface area contributed by atoms with Crippen molar-refractivity contribution < 1.29 is 23.5 Å². The number of halogens is 1. The summed E-state index contributed by atoms with van der Waals surface area (Å²) in [6.07, 6.45) is 0.502. The highest BCUT2D eigenvalue weighted by molar-refractivity contribution is 9.10. The molecule has 0 radical (unpaired) electrons. The molecule has 0 fully saturated rings. The Kier molecular flexibility index (Phi) is 7.20. The molecule has 0 aliphatic rings. The number of ether oxygens (including phenoxy) is 1. The molecule has 1 atom stereocenters. The van der Waals surface area contributed by atoms with Crippen LogP contribution in [0.15, 0.2) is 56.9 Å². The smallest absolute Gasteiger partial charge is 0.293 e. The summed E-state index contributed by atoms with van der Waals surface area (Å²) in [4.78, 5) is 40.2. The van der Waals surface area contributed by atoms with E-state index >= 15 is 0 Å². The van der Waals surface area contributed by atoms with Gasteiger partial charge >= 0.3 is 0 Å². The fourth-order valence-corrected chi connectivity index (χ4v) is 3.34. The minimum absolute atomic E-state index is 0.0751. The quantitative estimate of drug-likeness (QED) is 0.435. The molecule has 1 unspecified atom stereocenters. The highest BCUT2D eigenvalue weighted by Gasteiger charge is 2.17. The number of hydrazine groups is 1. The molecule has 11 heteroatoms. The number of aromatic nitrogens is 1. The molecule has 3 aromatic rings. The predicted octanol–water partition coefficient (Wildman–Crippen LogP) is 2.91. The molecule has 3 rings (SSSR count). The van der Waals surface area contributed by atoms with Crippen LogP contribution in [0.4, 0.5) is 5.13 Å². The van der Waals surface area contributed by atoms with Gasteiger partial charge in [-0.2, -0.15) is 0 Å². The first-order valence-corrected chi connectivity index (χ1v) is 10.4. The Morgan fingerprint density at radius 2 is 2.07 bits per heavy atom. The maximum absolute atomic E-state index is 12.1. The van der Waals surface area contributed by atoms with Crippen LogP contribution >= 0.6 is 27.3 Å². The van der Waals surface area contributed by atoms with Crippen molar-refractivity contribution in [3.63, 3.8) is 0 Å². The Morgan fingerprint density at radius 1 is 1.23 bits per heavy atom. The van der Waals surface area contributed by atoms with E-state index in [1.165, 1.54) is 23.7 Å². The van der Waals surface area contributed by atoms with Gasteiger partial charge in [-0.1, -0.05) is 22.0 Å². The number of rotatable bonds is 7. The van der Waals surface area contributed by atoms with Crippen molar-refractivity contribution in [3.8, 4) is 5.75 Å². The van der Waals surface area contributed by atoms with Gasteiger partial charge in [0.15, 0.2) is 17.0 Å². The van der Waals surface area contributed by atoms with Crippen LogP contribution in [0.1, 0.15) is 23.2 Å². The van der Waals surface area contributed by atoms with E-state index in [9.17, 15) is 14.4 Å². The minimum Gasteiger partial charge on any atom is -0.481 e. The van der Waals surface area contributed by atoms with E-state index in [0.717, 1.165) is 4.47 Å². The third kappa shape index (κ3) is 6.16. The maximum atomic E-state index is 12.1. The van der Waals surface area contributed by atoms with E-state index in [1.54, 1.807) is 36.6 Å². The number of benzene rings is 1. The molecular formula is C19H17BrN4O5S. The summed E-state index contributed by atoms with van der Waals surface area (Å²) in [5.74, 6) is -0.728. The number of hydrogen-bond donors (Lipinski definition) is 3.